The van der Waals surface area contributed by atoms with Crippen LogP contribution in [-0.4, -0.2) is 21.5 Å². The second-order valence-electron chi connectivity index (χ2n) is 4.86. The number of rotatable bonds is 6. The average molecular weight is 238 g/mol. The molecule has 96 valence electrons. The van der Waals surface area contributed by atoms with E-state index in [0.29, 0.717) is 24.7 Å². The second kappa shape index (κ2) is 6.39. The van der Waals surface area contributed by atoms with Crippen molar-refractivity contribution in [1.29, 1.82) is 0 Å². The standard InChI is InChI=1S/C12H22N4O/c1-9(2)8-16-7-6-14-12(16)15-11(17)5-4-10(3)13/h6-7,9-10H,4-5,8,13H2,1-3H3,(H,14,15,17). The zero-order valence-electron chi connectivity index (χ0n) is 10.8. The molecule has 1 amide bonds. The minimum absolute atomic E-state index is 0.0292. The Bertz CT molecular complexity index is 357. The number of nitrogens with one attached hydrogen (secondary N) is 1. The third-order valence-corrected chi connectivity index (χ3v) is 2.36. The first-order valence-corrected chi connectivity index (χ1v) is 6.05. The van der Waals surface area contributed by atoms with Gasteiger partial charge in [0.15, 0.2) is 0 Å². The molecule has 0 fully saturated rings. The molecule has 5 heteroatoms. The first kappa shape index (κ1) is 13.7. The summed E-state index contributed by atoms with van der Waals surface area (Å²) >= 11 is 0. The van der Waals surface area contributed by atoms with Gasteiger partial charge in [0.25, 0.3) is 0 Å². The molecule has 1 aromatic rings. The van der Waals surface area contributed by atoms with Gasteiger partial charge in [0.2, 0.25) is 11.9 Å². The van der Waals surface area contributed by atoms with E-state index in [1.165, 1.54) is 0 Å². The van der Waals surface area contributed by atoms with Crippen molar-refractivity contribution in [3.05, 3.63) is 12.4 Å². The molecule has 3 N–H and O–H groups in total. The molecule has 0 bridgehead atoms. The lowest BCUT2D eigenvalue weighted by Crippen LogP contribution is -2.21. The zero-order valence-corrected chi connectivity index (χ0v) is 10.8. The van der Waals surface area contributed by atoms with Crippen molar-refractivity contribution < 1.29 is 4.79 Å². The van der Waals surface area contributed by atoms with Crippen LogP contribution in [0.3, 0.4) is 0 Å². The summed E-state index contributed by atoms with van der Waals surface area (Å²) in [4.78, 5) is 15.8. The van der Waals surface area contributed by atoms with Crippen molar-refractivity contribution in [2.75, 3.05) is 5.32 Å². The maximum atomic E-state index is 11.6. The largest absolute Gasteiger partial charge is 0.328 e. The molecule has 0 radical (unpaired) electrons. The minimum atomic E-state index is -0.0292. The van der Waals surface area contributed by atoms with Gasteiger partial charge in [-0.3, -0.25) is 10.1 Å². The van der Waals surface area contributed by atoms with Crippen LogP contribution in [0.15, 0.2) is 12.4 Å². The van der Waals surface area contributed by atoms with Gasteiger partial charge in [-0.1, -0.05) is 13.8 Å². The predicted octanol–water partition coefficient (Wildman–Crippen LogP) is 1.60. The quantitative estimate of drug-likeness (QED) is 0.790. The zero-order chi connectivity index (χ0) is 12.8. The van der Waals surface area contributed by atoms with Gasteiger partial charge in [0.05, 0.1) is 0 Å². The average Bonchev–Trinajstić information content (AvgIpc) is 2.62. The number of hydrogen-bond donors (Lipinski definition) is 2. The lowest BCUT2D eigenvalue weighted by molar-refractivity contribution is -0.116. The number of carbonyl (C=O) groups is 1. The van der Waals surface area contributed by atoms with Gasteiger partial charge in [0, 0.05) is 31.4 Å². The van der Waals surface area contributed by atoms with Crippen molar-refractivity contribution in [3.63, 3.8) is 0 Å². The number of nitrogens with two attached hydrogens (primary N) is 1. The van der Waals surface area contributed by atoms with Crippen molar-refractivity contribution in [1.82, 2.24) is 9.55 Å². The molecule has 1 heterocycles. The molecule has 0 saturated heterocycles. The van der Waals surface area contributed by atoms with Gasteiger partial charge in [-0.15, -0.1) is 0 Å². The summed E-state index contributed by atoms with van der Waals surface area (Å²) in [5.41, 5.74) is 5.61. The highest BCUT2D eigenvalue weighted by Gasteiger charge is 2.09. The molecule has 1 unspecified atom stereocenters. The summed E-state index contributed by atoms with van der Waals surface area (Å²) in [5, 5.41) is 2.81. The third-order valence-electron chi connectivity index (χ3n) is 2.36. The molecule has 0 saturated carbocycles. The molecule has 0 aliphatic rings. The van der Waals surface area contributed by atoms with Crippen molar-refractivity contribution in [2.45, 2.75) is 46.2 Å². The molecule has 1 atom stereocenters. The molecule has 0 aromatic carbocycles. The van der Waals surface area contributed by atoms with E-state index in [-0.39, 0.29) is 11.9 Å². The molecular formula is C12H22N4O. The van der Waals surface area contributed by atoms with E-state index in [1.54, 1.807) is 6.20 Å². The summed E-state index contributed by atoms with van der Waals surface area (Å²) in [5.74, 6) is 1.11. The molecule has 0 aliphatic heterocycles. The first-order chi connectivity index (χ1) is 7.99. The number of anilines is 1. The second-order valence-corrected chi connectivity index (χ2v) is 4.86. The maximum absolute atomic E-state index is 11.6. The number of hydrogen-bond acceptors (Lipinski definition) is 3. The summed E-state index contributed by atoms with van der Waals surface area (Å²) in [6.45, 7) is 7.00. The highest BCUT2D eigenvalue weighted by atomic mass is 16.1. The van der Waals surface area contributed by atoms with Crippen LogP contribution >= 0.6 is 0 Å². The maximum Gasteiger partial charge on any atom is 0.226 e. The SMILES string of the molecule is CC(C)Cn1ccnc1NC(=O)CCC(C)N. The van der Waals surface area contributed by atoms with Crippen LogP contribution in [0.4, 0.5) is 5.95 Å². The topological polar surface area (TPSA) is 72.9 Å². The van der Waals surface area contributed by atoms with Crippen LogP contribution in [0.5, 0.6) is 0 Å². The lowest BCUT2D eigenvalue weighted by atomic mass is 10.2. The Morgan fingerprint density at radius 1 is 1.53 bits per heavy atom. The van der Waals surface area contributed by atoms with Gasteiger partial charge < -0.3 is 10.3 Å². The van der Waals surface area contributed by atoms with E-state index in [2.05, 4.69) is 24.1 Å². The van der Waals surface area contributed by atoms with Gasteiger partial charge in [-0.05, 0) is 19.3 Å². The Kier molecular flexibility index (Phi) is 5.15. The summed E-state index contributed by atoms with van der Waals surface area (Å²) < 4.78 is 1.95. The van der Waals surface area contributed by atoms with Crippen LogP contribution in [-0.2, 0) is 11.3 Å². The molecule has 5 nitrogen and oxygen atoms in total. The fraction of sp³-hybridized carbons (Fsp3) is 0.667. The van der Waals surface area contributed by atoms with Crippen LogP contribution in [0, 0.1) is 5.92 Å². The monoisotopic (exact) mass is 238 g/mol. The van der Waals surface area contributed by atoms with Crippen molar-refractivity contribution >= 4 is 11.9 Å². The highest BCUT2D eigenvalue weighted by Crippen LogP contribution is 2.09. The summed E-state index contributed by atoms with van der Waals surface area (Å²) in [7, 11) is 0. The fourth-order valence-corrected chi connectivity index (χ4v) is 1.52. The fourth-order valence-electron chi connectivity index (χ4n) is 1.52. The number of amides is 1. The van der Waals surface area contributed by atoms with E-state index < -0.39 is 0 Å². The Morgan fingerprint density at radius 2 is 2.24 bits per heavy atom. The summed E-state index contributed by atoms with van der Waals surface area (Å²) in [6.07, 6.45) is 4.70. The van der Waals surface area contributed by atoms with Crippen LogP contribution < -0.4 is 11.1 Å². The van der Waals surface area contributed by atoms with Crippen molar-refractivity contribution in [2.24, 2.45) is 11.7 Å². The number of carbonyl (C=O) groups excluding carboxylic acids is 1. The van der Waals surface area contributed by atoms with Gasteiger partial charge in [-0.2, -0.15) is 0 Å². The number of imidazole rings is 1. The molecule has 1 aromatic heterocycles. The molecule has 17 heavy (non-hydrogen) atoms. The minimum Gasteiger partial charge on any atom is -0.328 e. The number of nitrogens with zero attached hydrogens (tertiary/aromatic N) is 2. The molecule has 0 aliphatic carbocycles. The normalized spacial score (nSPS) is 12.8. The smallest absolute Gasteiger partial charge is 0.226 e. The predicted molar refractivity (Wildman–Crippen MR) is 68.6 cm³/mol. The van der Waals surface area contributed by atoms with Gasteiger partial charge >= 0.3 is 0 Å². The van der Waals surface area contributed by atoms with Crippen LogP contribution in [0.2, 0.25) is 0 Å². The third kappa shape index (κ3) is 4.99. The van der Waals surface area contributed by atoms with E-state index in [0.717, 1.165) is 6.54 Å². The van der Waals surface area contributed by atoms with E-state index in [4.69, 9.17) is 5.73 Å². The van der Waals surface area contributed by atoms with E-state index >= 15 is 0 Å². The van der Waals surface area contributed by atoms with E-state index in [1.807, 2.05) is 17.7 Å². The number of aromatic nitrogens is 2. The lowest BCUT2D eigenvalue weighted by Gasteiger charge is -2.11. The van der Waals surface area contributed by atoms with Crippen molar-refractivity contribution in [3.8, 4) is 0 Å². The van der Waals surface area contributed by atoms with Crippen LogP contribution in [0.25, 0.3) is 0 Å². The van der Waals surface area contributed by atoms with Gasteiger partial charge in [0.1, 0.15) is 0 Å². The molecule has 0 spiro atoms. The van der Waals surface area contributed by atoms with Crippen LogP contribution in [0.1, 0.15) is 33.6 Å². The van der Waals surface area contributed by atoms with Gasteiger partial charge in [-0.25, -0.2) is 4.98 Å². The highest BCUT2D eigenvalue weighted by molar-refractivity contribution is 5.89. The Balaban J connectivity index is 2.50. The molecule has 1 rings (SSSR count). The Morgan fingerprint density at radius 3 is 2.82 bits per heavy atom. The first-order valence-electron chi connectivity index (χ1n) is 6.05. The summed E-state index contributed by atoms with van der Waals surface area (Å²) in [6, 6.07) is 0.0520. The molecular weight excluding hydrogens is 216 g/mol. The Labute approximate surface area is 102 Å². The van der Waals surface area contributed by atoms with E-state index in [9.17, 15) is 4.79 Å². The Hall–Kier alpha value is -1.36.